The quantitative estimate of drug-likeness (QED) is 0.550. The van der Waals surface area contributed by atoms with E-state index in [1.165, 1.54) is 30.3 Å². The number of hydrogen-bond donors (Lipinski definition) is 2. The number of hydrogen-bond acceptors (Lipinski definition) is 4. The molecule has 152 valence electrons. The summed E-state index contributed by atoms with van der Waals surface area (Å²) in [5.41, 5.74) is 1.23. The number of rotatable bonds is 10. The Kier molecular flexibility index (Phi) is 7.45. The van der Waals surface area contributed by atoms with E-state index in [9.17, 15) is 13.2 Å². The van der Waals surface area contributed by atoms with E-state index in [2.05, 4.69) is 11.6 Å². The van der Waals surface area contributed by atoms with Crippen molar-refractivity contribution in [3.05, 3.63) is 53.6 Å². The lowest BCUT2D eigenvalue weighted by molar-refractivity contribution is 0.0697. The first-order valence-electron chi connectivity index (χ1n) is 9.37. The number of sulfonamides is 1. The summed E-state index contributed by atoms with van der Waals surface area (Å²) in [4.78, 5) is 11.1. The SMILES string of the molecule is CCCCCOc1ccc(S(=O)(=O)Nc2ccc(C(=O)O)cc2)cc1C(C)C. The summed E-state index contributed by atoms with van der Waals surface area (Å²) in [5, 5.41) is 8.94. The summed E-state index contributed by atoms with van der Waals surface area (Å²) in [6, 6.07) is 10.4. The smallest absolute Gasteiger partial charge is 0.335 e. The zero-order valence-corrected chi connectivity index (χ0v) is 17.3. The fourth-order valence-electron chi connectivity index (χ4n) is 2.71. The number of carboxylic acid groups (broad SMARTS) is 1. The van der Waals surface area contributed by atoms with Crippen LogP contribution in [-0.4, -0.2) is 26.1 Å². The van der Waals surface area contributed by atoms with Gasteiger partial charge in [-0.15, -0.1) is 0 Å². The van der Waals surface area contributed by atoms with Gasteiger partial charge in [0, 0.05) is 5.69 Å². The molecule has 7 heteroatoms. The van der Waals surface area contributed by atoms with Crippen LogP contribution in [0.25, 0.3) is 0 Å². The molecule has 0 heterocycles. The van der Waals surface area contributed by atoms with Gasteiger partial charge in [-0.3, -0.25) is 4.72 Å². The van der Waals surface area contributed by atoms with E-state index < -0.39 is 16.0 Å². The highest BCUT2D eigenvalue weighted by atomic mass is 32.2. The van der Waals surface area contributed by atoms with Crippen molar-refractivity contribution in [2.75, 3.05) is 11.3 Å². The van der Waals surface area contributed by atoms with Gasteiger partial charge >= 0.3 is 5.97 Å². The zero-order valence-electron chi connectivity index (χ0n) is 16.4. The Morgan fingerprint density at radius 3 is 2.36 bits per heavy atom. The van der Waals surface area contributed by atoms with E-state index in [1.54, 1.807) is 12.1 Å². The van der Waals surface area contributed by atoms with E-state index in [0.29, 0.717) is 18.0 Å². The van der Waals surface area contributed by atoms with Gasteiger partial charge in [0.25, 0.3) is 10.0 Å². The van der Waals surface area contributed by atoms with Gasteiger partial charge in [0.05, 0.1) is 17.1 Å². The van der Waals surface area contributed by atoms with Gasteiger partial charge in [-0.25, -0.2) is 13.2 Å². The third kappa shape index (κ3) is 5.73. The molecule has 0 unspecified atom stereocenters. The Labute approximate surface area is 166 Å². The lowest BCUT2D eigenvalue weighted by atomic mass is 10.0. The first kappa shape index (κ1) is 21.8. The van der Waals surface area contributed by atoms with Crippen molar-refractivity contribution in [3.63, 3.8) is 0 Å². The number of benzene rings is 2. The third-order valence-electron chi connectivity index (χ3n) is 4.30. The molecule has 28 heavy (non-hydrogen) atoms. The zero-order chi connectivity index (χ0) is 20.7. The molecule has 0 saturated carbocycles. The van der Waals surface area contributed by atoms with Crippen LogP contribution in [0.1, 0.15) is 61.9 Å². The molecule has 2 aromatic carbocycles. The molecular weight excluding hydrogens is 378 g/mol. The Bertz CT molecular complexity index is 905. The number of nitrogens with one attached hydrogen (secondary N) is 1. The normalized spacial score (nSPS) is 11.4. The van der Waals surface area contributed by atoms with Crippen LogP contribution in [0.4, 0.5) is 5.69 Å². The van der Waals surface area contributed by atoms with Crippen molar-refractivity contribution >= 4 is 21.7 Å². The second-order valence-corrected chi connectivity index (χ2v) is 8.58. The predicted octanol–water partition coefficient (Wildman–Crippen LogP) is 4.88. The fraction of sp³-hybridized carbons (Fsp3) is 0.381. The van der Waals surface area contributed by atoms with Gasteiger partial charge in [0.1, 0.15) is 5.75 Å². The van der Waals surface area contributed by atoms with Crippen LogP contribution in [0.3, 0.4) is 0 Å². The largest absolute Gasteiger partial charge is 0.493 e. The summed E-state index contributed by atoms with van der Waals surface area (Å²) in [5.74, 6) is -0.257. The Hall–Kier alpha value is -2.54. The average molecular weight is 406 g/mol. The van der Waals surface area contributed by atoms with Crippen LogP contribution >= 0.6 is 0 Å². The molecule has 2 N–H and O–H groups in total. The van der Waals surface area contributed by atoms with Crippen LogP contribution < -0.4 is 9.46 Å². The number of ether oxygens (including phenoxy) is 1. The van der Waals surface area contributed by atoms with Crippen molar-refractivity contribution in [2.24, 2.45) is 0 Å². The highest BCUT2D eigenvalue weighted by Gasteiger charge is 2.18. The molecule has 0 bridgehead atoms. The van der Waals surface area contributed by atoms with E-state index in [0.717, 1.165) is 24.8 Å². The van der Waals surface area contributed by atoms with Gasteiger partial charge in [0.15, 0.2) is 0 Å². The standard InChI is InChI=1S/C21H27NO5S/c1-4-5-6-13-27-20-12-11-18(14-19(20)15(2)3)28(25,26)22-17-9-7-16(8-10-17)21(23)24/h7-12,14-15,22H,4-6,13H2,1-3H3,(H,23,24). The number of carbonyl (C=O) groups is 1. The van der Waals surface area contributed by atoms with Crippen LogP contribution in [0.15, 0.2) is 47.4 Å². The molecule has 0 amide bonds. The van der Waals surface area contributed by atoms with Crippen molar-refractivity contribution in [1.29, 1.82) is 0 Å². The summed E-state index contributed by atoms with van der Waals surface area (Å²) in [6.45, 7) is 6.71. The minimum atomic E-state index is -3.80. The van der Waals surface area contributed by atoms with E-state index in [-0.39, 0.29) is 16.4 Å². The first-order valence-corrected chi connectivity index (χ1v) is 10.9. The van der Waals surface area contributed by atoms with Crippen LogP contribution in [0.5, 0.6) is 5.75 Å². The molecule has 0 spiro atoms. The molecule has 2 rings (SSSR count). The molecule has 0 fully saturated rings. The molecule has 0 aliphatic carbocycles. The highest BCUT2D eigenvalue weighted by molar-refractivity contribution is 7.92. The van der Waals surface area contributed by atoms with Crippen molar-refractivity contribution in [2.45, 2.75) is 50.8 Å². The average Bonchev–Trinajstić information content (AvgIpc) is 2.65. The maximum atomic E-state index is 12.7. The van der Waals surface area contributed by atoms with Crippen LogP contribution in [-0.2, 0) is 10.0 Å². The molecule has 0 aliphatic heterocycles. The summed E-state index contributed by atoms with van der Waals surface area (Å²) >= 11 is 0. The summed E-state index contributed by atoms with van der Waals surface area (Å²) in [7, 11) is -3.80. The minimum absolute atomic E-state index is 0.0922. The molecule has 6 nitrogen and oxygen atoms in total. The van der Waals surface area contributed by atoms with E-state index in [4.69, 9.17) is 9.84 Å². The summed E-state index contributed by atoms with van der Waals surface area (Å²) < 4.78 is 33.8. The highest BCUT2D eigenvalue weighted by Crippen LogP contribution is 2.30. The van der Waals surface area contributed by atoms with Gasteiger partial charge in [0.2, 0.25) is 0 Å². The van der Waals surface area contributed by atoms with Gasteiger partial charge in [-0.2, -0.15) is 0 Å². The molecule has 0 aromatic heterocycles. The number of anilines is 1. The molecule has 0 saturated heterocycles. The third-order valence-corrected chi connectivity index (χ3v) is 5.68. The lowest BCUT2D eigenvalue weighted by Crippen LogP contribution is -2.14. The van der Waals surface area contributed by atoms with E-state index in [1.807, 2.05) is 13.8 Å². The van der Waals surface area contributed by atoms with Gasteiger partial charge in [-0.05, 0) is 60.4 Å². The van der Waals surface area contributed by atoms with Crippen LogP contribution in [0.2, 0.25) is 0 Å². The molecule has 0 radical (unpaired) electrons. The second-order valence-electron chi connectivity index (χ2n) is 6.90. The van der Waals surface area contributed by atoms with Gasteiger partial charge < -0.3 is 9.84 Å². The number of carboxylic acids is 1. The van der Waals surface area contributed by atoms with Gasteiger partial charge in [-0.1, -0.05) is 33.6 Å². The number of unbranched alkanes of at least 4 members (excludes halogenated alkanes) is 2. The molecule has 2 aromatic rings. The van der Waals surface area contributed by atoms with Crippen LogP contribution in [0, 0.1) is 0 Å². The second kappa shape index (κ2) is 9.59. The Morgan fingerprint density at radius 1 is 1.11 bits per heavy atom. The Balaban J connectivity index is 2.22. The van der Waals surface area contributed by atoms with Crippen molar-refractivity contribution in [3.8, 4) is 5.75 Å². The minimum Gasteiger partial charge on any atom is -0.493 e. The van der Waals surface area contributed by atoms with E-state index >= 15 is 0 Å². The first-order chi connectivity index (χ1) is 13.2. The molecular formula is C21H27NO5S. The Morgan fingerprint density at radius 2 is 1.79 bits per heavy atom. The maximum Gasteiger partial charge on any atom is 0.335 e. The number of aromatic carboxylic acids is 1. The monoisotopic (exact) mass is 405 g/mol. The van der Waals surface area contributed by atoms with Crippen molar-refractivity contribution < 1.29 is 23.1 Å². The molecule has 0 aliphatic rings. The molecule has 0 atom stereocenters. The lowest BCUT2D eigenvalue weighted by Gasteiger charge is -2.16. The summed E-state index contributed by atoms with van der Waals surface area (Å²) in [6.07, 6.45) is 3.16. The topological polar surface area (TPSA) is 92.7 Å². The fourth-order valence-corrected chi connectivity index (χ4v) is 3.80. The maximum absolute atomic E-state index is 12.7. The predicted molar refractivity (Wildman–Crippen MR) is 110 cm³/mol. The van der Waals surface area contributed by atoms with Crippen molar-refractivity contribution in [1.82, 2.24) is 0 Å².